The molecule has 6 aromatic rings. The minimum absolute atomic E-state index is 0.346. The first-order valence-electron chi connectivity index (χ1n) is 17.3. The lowest BCUT2D eigenvalue weighted by molar-refractivity contribution is -0.127. The number of carbonyl (C=O) groups is 4. The highest BCUT2D eigenvalue weighted by Gasteiger charge is 2.25. The molecule has 2 atom stereocenters. The zero-order valence-corrected chi connectivity index (χ0v) is 30.7. The summed E-state index contributed by atoms with van der Waals surface area (Å²) < 4.78 is 10.9. The summed E-state index contributed by atoms with van der Waals surface area (Å²) in [6, 6.07) is 21.0. The van der Waals surface area contributed by atoms with Gasteiger partial charge in [0.25, 0.3) is 11.8 Å². The third-order valence-electron chi connectivity index (χ3n) is 7.73. The lowest BCUT2D eigenvalue weighted by Gasteiger charge is -2.10. The zero-order valence-electron chi connectivity index (χ0n) is 30.7. The zero-order chi connectivity index (χ0) is 40.2. The highest BCUT2D eigenvalue weighted by atomic mass is 16.5. The van der Waals surface area contributed by atoms with Crippen LogP contribution in [0.2, 0.25) is 0 Å². The standard InChI is InChI=1S/2C19H19N5O4/c2*1-3-28-16-7-5-4-6-14(16)23-24-17(11(2)25)18(26)20-12-8-9-13-15(10-12)22-19(27)21-13/h2*4-10,17H,3H2,1-2H3,(H,20,26)(H2,21,22,27). The number of benzene rings is 4. The van der Waals surface area contributed by atoms with Crippen LogP contribution in [0.4, 0.5) is 22.7 Å². The highest BCUT2D eigenvalue weighted by molar-refractivity contribution is 6.11. The smallest absolute Gasteiger partial charge is 0.323 e. The summed E-state index contributed by atoms with van der Waals surface area (Å²) in [6.07, 6.45) is 0. The van der Waals surface area contributed by atoms with Crippen LogP contribution in [0.3, 0.4) is 0 Å². The Labute approximate surface area is 317 Å². The van der Waals surface area contributed by atoms with E-state index in [9.17, 15) is 28.8 Å². The summed E-state index contributed by atoms with van der Waals surface area (Å²) in [5.41, 5.74) is 3.29. The summed E-state index contributed by atoms with van der Waals surface area (Å²) in [5, 5.41) is 21.1. The molecule has 18 nitrogen and oxygen atoms in total. The molecule has 0 radical (unpaired) electrons. The van der Waals surface area contributed by atoms with Crippen molar-refractivity contribution in [2.24, 2.45) is 20.5 Å². The minimum atomic E-state index is -1.31. The topological polar surface area (TPSA) is 258 Å². The van der Waals surface area contributed by atoms with Crippen molar-refractivity contribution in [1.82, 2.24) is 19.9 Å². The van der Waals surface area contributed by atoms with E-state index in [1.165, 1.54) is 13.8 Å². The lowest BCUT2D eigenvalue weighted by Crippen LogP contribution is -2.31. The fourth-order valence-electron chi connectivity index (χ4n) is 5.15. The summed E-state index contributed by atoms with van der Waals surface area (Å²) in [6.45, 7) is 7.12. The van der Waals surface area contributed by atoms with Crippen LogP contribution in [0.5, 0.6) is 11.5 Å². The Bertz CT molecular complexity index is 2370. The number of hydrogen-bond donors (Lipinski definition) is 6. The van der Waals surface area contributed by atoms with Gasteiger partial charge in [-0.05, 0) is 88.4 Å². The molecule has 4 aromatic carbocycles. The number of ether oxygens (including phenoxy) is 2. The van der Waals surface area contributed by atoms with Crippen molar-refractivity contribution in [1.29, 1.82) is 0 Å². The van der Waals surface area contributed by atoms with Gasteiger partial charge in [0.2, 0.25) is 12.1 Å². The van der Waals surface area contributed by atoms with Crippen LogP contribution in [-0.4, -0.2) is 68.6 Å². The maximum atomic E-state index is 12.5. The predicted molar refractivity (Wildman–Crippen MR) is 208 cm³/mol. The average Bonchev–Trinajstić information content (AvgIpc) is 3.73. The van der Waals surface area contributed by atoms with Crippen molar-refractivity contribution >= 4 is 68.2 Å². The van der Waals surface area contributed by atoms with Gasteiger partial charge < -0.3 is 40.0 Å². The van der Waals surface area contributed by atoms with Gasteiger partial charge in [-0.3, -0.25) is 19.2 Å². The molecular formula is C38H38N10O8. The molecule has 288 valence electrons. The number of rotatable bonds is 14. The number of H-pyrrole nitrogens is 4. The van der Waals surface area contributed by atoms with Crippen molar-refractivity contribution in [2.45, 2.75) is 39.8 Å². The molecule has 2 heterocycles. The van der Waals surface area contributed by atoms with Crippen LogP contribution in [0.1, 0.15) is 27.7 Å². The maximum absolute atomic E-state index is 12.5. The van der Waals surface area contributed by atoms with Gasteiger partial charge in [-0.1, -0.05) is 24.3 Å². The van der Waals surface area contributed by atoms with E-state index in [2.05, 4.69) is 51.0 Å². The van der Waals surface area contributed by atoms with Crippen LogP contribution in [-0.2, 0) is 19.2 Å². The second kappa shape index (κ2) is 18.5. The summed E-state index contributed by atoms with van der Waals surface area (Å²) in [4.78, 5) is 82.0. The third-order valence-corrected chi connectivity index (χ3v) is 7.73. The number of hydrogen-bond acceptors (Lipinski definition) is 12. The molecule has 2 amide bonds. The fraction of sp³-hybridized carbons (Fsp3) is 0.211. The lowest BCUT2D eigenvalue weighted by atomic mass is 10.2. The Kier molecular flexibility index (Phi) is 13.1. The molecule has 0 saturated heterocycles. The number of amides is 2. The molecule has 0 saturated carbocycles. The number of para-hydroxylation sites is 2. The molecule has 56 heavy (non-hydrogen) atoms. The van der Waals surface area contributed by atoms with Gasteiger partial charge in [-0.15, -0.1) is 0 Å². The molecule has 0 fully saturated rings. The fourth-order valence-corrected chi connectivity index (χ4v) is 5.15. The van der Waals surface area contributed by atoms with E-state index in [4.69, 9.17) is 9.47 Å². The Morgan fingerprint density at radius 1 is 0.571 bits per heavy atom. The van der Waals surface area contributed by atoms with E-state index in [1.54, 1.807) is 84.9 Å². The second-order valence-corrected chi connectivity index (χ2v) is 11.9. The molecule has 0 bridgehead atoms. The molecule has 2 aromatic heterocycles. The van der Waals surface area contributed by atoms with E-state index in [0.717, 1.165) is 0 Å². The third kappa shape index (κ3) is 10.3. The number of aromatic nitrogens is 4. The number of imidazole rings is 2. The van der Waals surface area contributed by atoms with Gasteiger partial charge in [0.15, 0.2) is 11.6 Å². The monoisotopic (exact) mass is 762 g/mol. The number of fused-ring (bicyclic) bond motifs is 2. The predicted octanol–water partition coefficient (Wildman–Crippen LogP) is 5.87. The van der Waals surface area contributed by atoms with Crippen molar-refractivity contribution in [3.8, 4) is 11.5 Å². The van der Waals surface area contributed by atoms with Crippen LogP contribution in [0.25, 0.3) is 22.1 Å². The van der Waals surface area contributed by atoms with Crippen molar-refractivity contribution in [3.63, 3.8) is 0 Å². The molecule has 0 spiro atoms. The van der Waals surface area contributed by atoms with Gasteiger partial charge in [-0.25, -0.2) is 9.59 Å². The summed E-state index contributed by atoms with van der Waals surface area (Å²) in [5.74, 6) is -1.13. The highest BCUT2D eigenvalue weighted by Crippen LogP contribution is 2.29. The Morgan fingerprint density at radius 3 is 1.32 bits per heavy atom. The molecule has 0 aliphatic carbocycles. The maximum Gasteiger partial charge on any atom is 0.323 e. The Hall–Kier alpha value is -7.50. The van der Waals surface area contributed by atoms with E-state index >= 15 is 0 Å². The van der Waals surface area contributed by atoms with E-state index < -0.39 is 35.5 Å². The summed E-state index contributed by atoms with van der Waals surface area (Å²) >= 11 is 0. The first kappa shape index (κ1) is 39.7. The number of anilines is 2. The van der Waals surface area contributed by atoms with Crippen LogP contribution < -0.4 is 31.5 Å². The molecule has 6 N–H and O–H groups in total. The number of nitrogens with one attached hydrogen (secondary N) is 6. The quantitative estimate of drug-likeness (QED) is 0.0576. The average molecular weight is 763 g/mol. The molecule has 18 heteroatoms. The number of aromatic amines is 4. The SMILES string of the molecule is CCOc1ccccc1N=NC(C(C)=O)C(=O)Nc1ccc2[nH]c(=O)[nH]c2c1.CCOc1ccccc1N=NC(C(C)=O)C(=O)Nc1ccc2[nH]c(=O)[nH]c2c1. The molecule has 0 aliphatic rings. The van der Waals surface area contributed by atoms with E-state index in [-0.39, 0.29) is 11.4 Å². The number of nitrogens with zero attached hydrogens (tertiary/aromatic N) is 4. The Morgan fingerprint density at radius 2 is 0.946 bits per heavy atom. The first-order valence-corrected chi connectivity index (χ1v) is 17.3. The van der Waals surface area contributed by atoms with Crippen LogP contribution in [0, 0.1) is 0 Å². The normalized spacial score (nSPS) is 12.2. The van der Waals surface area contributed by atoms with Gasteiger partial charge in [-0.2, -0.15) is 20.5 Å². The van der Waals surface area contributed by atoms with Crippen molar-refractivity contribution in [3.05, 3.63) is 106 Å². The second-order valence-electron chi connectivity index (χ2n) is 11.9. The number of carbonyl (C=O) groups excluding carboxylic acids is 4. The van der Waals surface area contributed by atoms with Crippen molar-refractivity contribution in [2.75, 3.05) is 23.8 Å². The number of azo groups is 2. The van der Waals surface area contributed by atoms with Crippen LogP contribution in [0.15, 0.2) is 115 Å². The van der Waals surface area contributed by atoms with Gasteiger partial charge >= 0.3 is 11.4 Å². The van der Waals surface area contributed by atoms with Crippen molar-refractivity contribution < 1.29 is 28.7 Å². The molecule has 6 rings (SSSR count). The van der Waals surface area contributed by atoms with Gasteiger partial charge in [0.05, 0.1) is 35.3 Å². The first-order chi connectivity index (χ1) is 26.9. The van der Waals surface area contributed by atoms with Gasteiger partial charge in [0.1, 0.15) is 22.9 Å². The number of Topliss-reactive ketones (excluding diaryl/α,β-unsaturated/α-hetero) is 2. The van der Waals surface area contributed by atoms with E-state index in [1.807, 2.05) is 13.8 Å². The van der Waals surface area contributed by atoms with Crippen LogP contribution >= 0.6 is 0 Å². The molecule has 0 aliphatic heterocycles. The minimum Gasteiger partial charge on any atom is -0.492 e. The molecular weight excluding hydrogens is 724 g/mol. The largest absolute Gasteiger partial charge is 0.492 e. The molecule has 2 unspecified atom stereocenters. The Balaban J connectivity index is 0.000000214. The van der Waals surface area contributed by atoms with Gasteiger partial charge in [0, 0.05) is 11.4 Å². The number of ketones is 2. The summed E-state index contributed by atoms with van der Waals surface area (Å²) in [7, 11) is 0. The van der Waals surface area contributed by atoms with E-state index in [0.29, 0.717) is 69.5 Å².